The molecule has 0 bridgehead atoms. The second kappa shape index (κ2) is 8.98. The summed E-state index contributed by atoms with van der Waals surface area (Å²) in [6.07, 6.45) is 0.823. The summed E-state index contributed by atoms with van der Waals surface area (Å²) >= 11 is 5.98. The van der Waals surface area contributed by atoms with Gasteiger partial charge in [-0.05, 0) is 59.4 Å². The quantitative estimate of drug-likeness (QED) is 0.497. The Balaban J connectivity index is 1.86. The summed E-state index contributed by atoms with van der Waals surface area (Å²) in [5.74, 6) is -0.484. The van der Waals surface area contributed by atoms with Gasteiger partial charge in [-0.25, -0.2) is 4.39 Å². The fourth-order valence-corrected chi connectivity index (χ4v) is 3.39. The minimum Gasteiger partial charge on any atom is -0.388 e. The number of halogens is 2. The molecule has 0 fully saturated rings. The first-order chi connectivity index (χ1) is 13.0. The lowest BCUT2D eigenvalue weighted by molar-refractivity contribution is 0.131. The lowest BCUT2D eigenvalue weighted by Gasteiger charge is -2.26. The van der Waals surface area contributed by atoms with E-state index >= 15 is 0 Å². The highest BCUT2D eigenvalue weighted by Gasteiger charge is 2.24. The molecule has 3 rings (SSSR count). The Morgan fingerprint density at radius 3 is 2.19 bits per heavy atom. The van der Waals surface area contributed by atoms with Crippen LogP contribution in [0.1, 0.15) is 29.2 Å². The maximum Gasteiger partial charge on any atom is 0.123 e. The largest absolute Gasteiger partial charge is 0.388 e. The summed E-state index contributed by atoms with van der Waals surface area (Å²) in [5.41, 5.74) is 3.63. The number of rotatable bonds is 7. The smallest absolute Gasteiger partial charge is 0.123 e. The summed E-state index contributed by atoms with van der Waals surface area (Å²) in [4.78, 5) is 0. The molecule has 0 saturated heterocycles. The SMILES string of the molecule is C=C(c1ccc(F)cc1)[C@H](CCc1ccccc1)C(O)c1ccc(Cl)cc1. The van der Waals surface area contributed by atoms with Crippen LogP contribution in [-0.4, -0.2) is 5.11 Å². The predicted octanol–water partition coefficient (Wildman–Crippen LogP) is 6.47. The summed E-state index contributed by atoms with van der Waals surface area (Å²) < 4.78 is 13.3. The first kappa shape index (κ1) is 19.3. The Bertz CT molecular complexity index is 873. The second-order valence-electron chi connectivity index (χ2n) is 6.66. The summed E-state index contributed by atoms with van der Waals surface area (Å²) in [5, 5.41) is 11.7. The average molecular weight is 381 g/mol. The molecule has 3 heteroatoms. The lowest BCUT2D eigenvalue weighted by Crippen LogP contribution is -2.15. The Labute approximate surface area is 164 Å². The van der Waals surface area contributed by atoms with Gasteiger partial charge in [-0.3, -0.25) is 0 Å². The van der Waals surface area contributed by atoms with Crippen molar-refractivity contribution in [2.45, 2.75) is 18.9 Å². The van der Waals surface area contributed by atoms with E-state index in [1.54, 1.807) is 24.3 Å². The topological polar surface area (TPSA) is 20.2 Å². The number of aliphatic hydroxyl groups is 1. The third-order valence-corrected chi connectivity index (χ3v) is 5.09. The molecular weight excluding hydrogens is 359 g/mol. The molecule has 0 heterocycles. The standard InChI is InChI=1S/C24H22ClFO/c1-17(19-10-14-22(26)15-11-19)23(16-7-18-5-3-2-4-6-18)24(27)20-8-12-21(25)13-9-20/h2-6,8-15,23-24,27H,1,7,16H2/t23-,24?/m0/s1. The van der Waals surface area contributed by atoms with Crippen molar-refractivity contribution in [2.75, 3.05) is 0 Å². The summed E-state index contributed by atoms with van der Waals surface area (Å²) in [6, 6.07) is 23.6. The van der Waals surface area contributed by atoms with Crippen molar-refractivity contribution in [3.8, 4) is 0 Å². The van der Waals surface area contributed by atoms with Gasteiger partial charge in [0.15, 0.2) is 0 Å². The van der Waals surface area contributed by atoms with Crippen LogP contribution in [0.2, 0.25) is 5.02 Å². The average Bonchev–Trinajstić information content (AvgIpc) is 2.69. The third-order valence-electron chi connectivity index (χ3n) is 4.84. The highest BCUT2D eigenvalue weighted by atomic mass is 35.5. The second-order valence-corrected chi connectivity index (χ2v) is 7.10. The van der Waals surface area contributed by atoms with Crippen LogP contribution in [0.5, 0.6) is 0 Å². The normalized spacial score (nSPS) is 13.1. The van der Waals surface area contributed by atoms with Crippen molar-refractivity contribution >= 4 is 17.2 Å². The molecule has 0 aliphatic rings. The van der Waals surface area contributed by atoms with Gasteiger partial charge in [0.25, 0.3) is 0 Å². The van der Waals surface area contributed by atoms with E-state index < -0.39 is 6.10 Å². The van der Waals surface area contributed by atoms with Crippen molar-refractivity contribution < 1.29 is 9.50 Å². The number of hydrogen-bond donors (Lipinski definition) is 1. The Hall–Kier alpha value is -2.42. The van der Waals surface area contributed by atoms with E-state index in [-0.39, 0.29) is 11.7 Å². The number of hydrogen-bond acceptors (Lipinski definition) is 1. The van der Waals surface area contributed by atoms with Gasteiger partial charge in [-0.1, -0.05) is 72.8 Å². The maximum atomic E-state index is 13.3. The zero-order valence-corrected chi connectivity index (χ0v) is 15.7. The van der Waals surface area contributed by atoms with Gasteiger partial charge in [-0.2, -0.15) is 0 Å². The first-order valence-corrected chi connectivity index (χ1v) is 9.34. The Kier molecular flexibility index (Phi) is 6.44. The van der Waals surface area contributed by atoms with Crippen LogP contribution in [0.4, 0.5) is 4.39 Å². The highest BCUT2D eigenvalue weighted by Crippen LogP contribution is 2.36. The van der Waals surface area contributed by atoms with Crippen LogP contribution in [-0.2, 0) is 6.42 Å². The fraction of sp³-hybridized carbons (Fsp3) is 0.167. The van der Waals surface area contributed by atoms with Crippen LogP contribution in [0, 0.1) is 11.7 Å². The third kappa shape index (κ3) is 5.06. The van der Waals surface area contributed by atoms with Crippen molar-refractivity contribution in [2.24, 2.45) is 5.92 Å². The maximum absolute atomic E-state index is 13.3. The van der Waals surface area contributed by atoms with Gasteiger partial charge >= 0.3 is 0 Å². The molecule has 1 N–H and O–H groups in total. The van der Waals surface area contributed by atoms with E-state index in [9.17, 15) is 9.50 Å². The van der Waals surface area contributed by atoms with E-state index in [4.69, 9.17) is 11.6 Å². The molecule has 3 aromatic rings. The first-order valence-electron chi connectivity index (χ1n) is 8.97. The molecule has 0 aliphatic heterocycles. The van der Waals surface area contributed by atoms with E-state index in [1.807, 2.05) is 30.3 Å². The lowest BCUT2D eigenvalue weighted by atomic mass is 9.82. The van der Waals surface area contributed by atoms with Gasteiger partial charge < -0.3 is 5.11 Å². The van der Waals surface area contributed by atoms with Crippen molar-refractivity contribution in [1.82, 2.24) is 0 Å². The van der Waals surface area contributed by atoms with E-state index in [1.165, 1.54) is 17.7 Å². The molecule has 138 valence electrons. The minimum atomic E-state index is -0.719. The molecule has 0 radical (unpaired) electrons. The van der Waals surface area contributed by atoms with E-state index in [0.717, 1.165) is 29.5 Å². The number of aliphatic hydroxyl groups excluding tert-OH is 1. The highest BCUT2D eigenvalue weighted by molar-refractivity contribution is 6.30. The van der Waals surface area contributed by atoms with Gasteiger partial charge in [0, 0.05) is 10.9 Å². The zero-order valence-electron chi connectivity index (χ0n) is 15.0. The van der Waals surface area contributed by atoms with Crippen LogP contribution in [0.25, 0.3) is 5.57 Å². The molecule has 27 heavy (non-hydrogen) atoms. The predicted molar refractivity (Wildman–Crippen MR) is 110 cm³/mol. The molecule has 2 atom stereocenters. The van der Waals surface area contributed by atoms with Crippen LogP contribution in [0.15, 0.2) is 85.4 Å². The van der Waals surface area contributed by atoms with Gasteiger partial charge in [0.2, 0.25) is 0 Å². The molecular formula is C24H22ClFO. The van der Waals surface area contributed by atoms with Gasteiger partial charge in [0.1, 0.15) is 5.82 Å². The zero-order chi connectivity index (χ0) is 19.2. The van der Waals surface area contributed by atoms with Crippen molar-refractivity contribution in [3.63, 3.8) is 0 Å². The van der Waals surface area contributed by atoms with E-state index in [2.05, 4.69) is 18.7 Å². The van der Waals surface area contributed by atoms with Crippen molar-refractivity contribution in [1.29, 1.82) is 0 Å². The Morgan fingerprint density at radius 1 is 0.926 bits per heavy atom. The summed E-state index contributed by atoms with van der Waals surface area (Å²) in [6.45, 7) is 4.22. The van der Waals surface area contributed by atoms with Crippen LogP contribution >= 0.6 is 11.6 Å². The molecule has 0 saturated carbocycles. The summed E-state index contributed by atoms with van der Waals surface area (Å²) in [7, 11) is 0. The molecule has 0 amide bonds. The minimum absolute atomic E-state index is 0.197. The van der Waals surface area contributed by atoms with Crippen LogP contribution < -0.4 is 0 Å². The van der Waals surface area contributed by atoms with Gasteiger partial charge in [0.05, 0.1) is 6.10 Å². The Morgan fingerprint density at radius 2 is 1.56 bits per heavy atom. The fourth-order valence-electron chi connectivity index (χ4n) is 3.26. The number of benzene rings is 3. The van der Waals surface area contributed by atoms with Crippen LogP contribution in [0.3, 0.4) is 0 Å². The molecule has 0 spiro atoms. The molecule has 3 aromatic carbocycles. The molecule has 1 nitrogen and oxygen atoms in total. The monoisotopic (exact) mass is 380 g/mol. The molecule has 0 aromatic heterocycles. The molecule has 0 aliphatic carbocycles. The number of aryl methyl sites for hydroxylation is 1. The van der Waals surface area contributed by atoms with Crippen molar-refractivity contribution in [3.05, 3.63) is 113 Å². The molecule has 1 unspecified atom stereocenters. The van der Waals surface area contributed by atoms with E-state index in [0.29, 0.717) is 5.02 Å². The van der Waals surface area contributed by atoms with Gasteiger partial charge in [-0.15, -0.1) is 0 Å².